The highest BCUT2D eigenvalue weighted by molar-refractivity contribution is 9.10. The van der Waals surface area contributed by atoms with Gasteiger partial charge in [-0.25, -0.2) is 0 Å². The third-order valence-corrected chi connectivity index (χ3v) is 6.22. The summed E-state index contributed by atoms with van der Waals surface area (Å²) in [7, 11) is 0. The monoisotopic (exact) mass is 500 g/mol. The quantitative estimate of drug-likeness (QED) is 0.331. The summed E-state index contributed by atoms with van der Waals surface area (Å²) in [6, 6.07) is 18.9. The molecule has 1 heterocycles. The highest BCUT2D eigenvalue weighted by Crippen LogP contribution is 2.33. The summed E-state index contributed by atoms with van der Waals surface area (Å²) in [6.07, 6.45) is -0.507. The molecule has 1 atom stereocenters. The Labute approximate surface area is 181 Å². The van der Waals surface area contributed by atoms with Gasteiger partial charge in [0.25, 0.3) is 0 Å². The number of hydrogen-bond donors (Lipinski definition) is 2. The summed E-state index contributed by atoms with van der Waals surface area (Å²) in [5.74, 6) is 0. The van der Waals surface area contributed by atoms with E-state index in [4.69, 9.17) is 0 Å². The zero-order valence-electron chi connectivity index (χ0n) is 15.8. The third-order valence-electron chi connectivity index (χ3n) is 5.23. The maximum absolute atomic E-state index is 10.7. The highest BCUT2D eigenvalue weighted by Gasteiger charge is 2.14. The molecule has 0 spiro atoms. The van der Waals surface area contributed by atoms with Crippen molar-refractivity contribution in [2.24, 2.45) is 0 Å². The number of fused-ring (bicyclic) bond motifs is 3. The molecule has 0 aliphatic rings. The lowest BCUT2D eigenvalue weighted by atomic mass is 10.1. The second-order valence-electron chi connectivity index (χ2n) is 7.27. The maximum atomic E-state index is 10.7. The van der Waals surface area contributed by atoms with Gasteiger partial charge in [0.15, 0.2) is 0 Å². The van der Waals surface area contributed by atoms with Crippen LogP contribution in [0.5, 0.6) is 0 Å². The predicted molar refractivity (Wildman–Crippen MR) is 125 cm³/mol. The summed E-state index contributed by atoms with van der Waals surface area (Å²) in [5.41, 5.74) is 5.81. The summed E-state index contributed by atoms with van der Waals surface area (Å²) in [5, 5.41) is 16.5. The van der Waals surface area contributed by atoms with Crippen LogP contribution in [0.4, 0.5) is 5.69 Å². The van der Waals surface area contributed by atoms with Crippen LogP contribution in [0.25, 0.3) is 21.8 Å². The first-order valence-corrected chi connectivity index (χ1v) is 10.9. The SMILES string of the molecule is Cc1ccc(NCC(O)Cn2c3ccc(Br)cc3c3cc(Br)ccc32)cc1C. The average molecular weight is 502 g/mol. The van der Waals surface area contributed by atoms with Crippen molar-refractivity contribution in [2.45, 2.75) is 26.5 Å². The molecule has 0 saturated carbocycles. The molecule has 28 heavy (non-hydrogen) atoms. The van der Waals surface area contributed by atoms with Crippen LogP contribution in [0.1, 0.15) is 11.1 Å². The first-order valence-electron chi connectivity index (χ1n) is 9.28. The summed E-state index contributed by atoms with van der Waals surface area (Å²) in [6.45, 7) is 5.23. The predicted octanol–water partition coefficient (Wildman–Crippen LogP) is 6.41. The van der Waals surface area contributed by atoms with Crippen molar-refractivity contribution in [1.29, 1.82) is 0 Å². The Kier molecular flexibility index (Phi) is 5.50. The minimum absolute atomic E-state index is 0.497. The number of aromatic nitrogens is 1. The average Bonchev–Trinajstić information content (AvgIpc) is 2.95. The van der Waals surface area contributed by atoms with E-state index in [-0.39, 0.29) is 0 Å². The van der Waals surface area contributed by atoms with Crippen LogP contribution in [-0.2, 0) is 6.54 Å². The molecule has 5 heteroatoms. The number of aliphatic hydroxyl groups is 1. The molecule has 0 aliphatic carbocycles. The second kappa shape index (κ2) is 7.90. The lowest BCUT2D eigenvalue weighted by Crippen LogP contribution is -2.24. The Morgan fingerprint density at radius 3 is 2.04 bits per heavy atom. The van der Waals surface area contributed by atoms with Crippen LogP contribution in [0, 0.1) is 13.8 Å². The third kappa shape index (κ3) is 3.84. The van der Waals surface area contributed by atoms with E-state index in [0.29, 0.717) is 13.1 Å². The van der Waals surface area contributed by atoms with Gasteiger partial charge in [0, 0.05) is 43.0 Å². The van der Waals surface area contributed by atoms with Crippen LogP contribution in [-0.4, -0.2) is 22.3 Å². The van der Waals surface area contributed by atoms with E-state index in [1.165, 1.54) is 21.9 Å². The summed E-state index contributed by atoms with van der Waals surface area (Å²) in [4.78, 5) is 0. The van der Waals surface area contributed by atoms with E-state index in [0.717, 1.165) is 25.7 Å². The highest BCUT2D eigenvalue weighted by atomic mass is 79.9. The van der Waals surface area contributed by atoms with Crippen molar-refractivity contribution in [3.05, 3.63) is 74.7 Å². The minimum atomic E-state index is -0.507. The van der Waals surface area contributed by atoms with Crippen LogP contribution >= 0.6 is 31.9 Å². The molecule has 2 N–H and O–H groups in total. The van der Waals surface area contributed by atoms with E-state index < -0.39 is 6.10 Å². The molecule has 0 radical (unpaired) electrons. The Morgan fingerprint density at radius 2 is 1.46 bits per heavy atom. The fourth-order valence-corrected chi connectivity index (χ4v) is 4.33. The van der Waals surface area contributed by atoms with Crippen molar-refractivity contribution in [1.82, 2.24) is 4.57 Å². The van der Waals surface area contributed by atoms with E-state index in [2.05, 4.69) is 98.1 Å². The van der Waals surface area contributed by atoms with Gasteiger partial charge in [-0.2, -0.15) is 0 Å². The largest absolute Gasteiger partial charge is 0.389 e. The Bertz CT molecular complexity index is 1110. The Morgan fingerprint density at radius 1 is 0.857 bits per heavy atom. The number of nitrogens with one attached hydrogen (secondary N) is 1. The van der Waals surface area contributed by atoms with Crippen molar-refractivity contribution in [2.75, 3.05) is 11.9 Å². The zero-order valence-corrected chi connectivity index (χ0v) is 19.0. The van der Waals surface area contributed by atoms with Crippen LogP contribution in [0.15, 0.2) is 63.5 Å². The number of halogens is 2. The lowest BCUT2D eigenvalue weighted by Gasteiger charge is -2.16. The van der Waals surface area contributed by atoms with Gasteiger partial charge in [-0.1, -0.05) is 37.9 Å². The molecule has 0 bridgehead atoms. The standard InChI is InChI=1S/C23H22Br2N2O/c1-14-3-6-18(9-15(14)2)26-12-19(28)13-27-22-7-4-16(24)10-20(22)21-11-17(25)5-8-23(21)27/h3-11,19,26,28H,12-13H2,1-2H3. The van der Waals surface area contributed by atoms with Gasteiger partial charge in [-0.15, -0.1) is 0 Å². The number of anilines is 1. The maximum Gasteiger partial charge on any atom is 0.0891 e. The molecule has 144 valence electrons. The number of aliphatic hydroxyl groups excluding tert-OH is 1. The van der Waals surface area contributed by atoms with Gasteiger partial charge < -0.3 is 15.0 Å². The van der Waals surface area contributed by atoms with Gasteiger partial charge >= 0.3 is 0 Å². The van der Waals surface area contributed by atoms with Crippen LogP contribution in [0.3, 0.4) is 0 Å². The Hall–Kier alpha value is -1.82. The van der Waals surface area contributed by atoms with E-state index in [9.17, 15) is 5.11 Å². The van der Waals surface area contributed by atoms with Crippen LogP contribution in [0.2, 0.25) is 0 Å². The number of benzene rings is 3. The summed E-state index contributed by atoms with van der Waals surface area (Å²) < 4.78 is 4.31. The van der Waals surface area contributed by atoms with Gasteiger partial charge in [0.2, 0.25) is 0 Å². The fraction of sp³-hybridized carbons (Fsp3) is 0.217. The van der Waals surface area contributed by atoms with E-state index in [1.54, 1.807) is 0 Å². The smallest absolute Gasteiger partial charge is 0.0891 e. The minimum Gasteiger partial charge on any atom is -0.389 e. The Balaban J connectivity index is 1.62. The first kappa shape index (κ1) is 19.5. The topological polar surface area (TPSA) is 37.2 Å². The zero-order chi connectivity index (χ0) is 19.8. The summed E-state index contributed by atoms with van der Waals surface area (Å²) >= 11 is 7.16. The molecule has 1 aromatic heterocycles. The van der Waals surface area contributed by atoms with E-state index >= 15 is 0 Å². The van der Waals surface area contributed by atoms with Crippen molar-refractivity contribution in [3.63, 3.8) is 0 Å². The van der Waals surface area contributed by atoms with Crippen molar-refractivity contribution < 1.29 is 5.11 Å². The molecule has 4 aromatic rings. The fourth-order valence-electron chi connectivity index (χ4n) is 3.61. The number of hydrogen-bond acceptors (Lipinski definition) is 2. The molecule has 0 aliphatic heterocycles. The molecule has 0 saturated heterocycles. The molecule has 3 aromatic carbocycles. The number of rotatable bonds is 5. The molecule has 0 fully saturated rings. The number of aryl methyl sites for hydroxylation is 2. The first-order chi connectivity index (χ1) is 13.4. The molecule has 0 amide bonds. The van der Waals surface area contributed by atoms with Crippen molar-refractivity contribution in [3.8, 4) is 0 Å². The van der Waals surface area contributed by atoms with Gasteiger partial charge in [0.1, 0.15) is 0 Å². The van der Waals surface area contributed by atoms with Crippen LogP contribution < -0.4 is 5.32 Å². The molecule has 1 unspecified atom stereocenters. The second-order valence-corrected chi connectivity index (χ2v) is 9.10. The van der Waals surface area contributed by atoms with Crippen molar-refractivity contribution >= 4 is 59.4 Å². The molecular weight excluding hydrogens is 480 g/mol. The molecule has 3 nitrogen and oxygen atoms in total. The number of nitrogens with zero attached hydrogens (tertiary/aromatic N) is 1. The van der Waals surface area contributed by atoms with Gasteiger partial charge in [-0.3, -0.25) is 0 Å². The normalized spacial score (nSPS) is 12.6. The lowest BCUT2D eigenvalue weighted by molar-refractivity contribution is 0.169. The molecular formula is C23H22Br2N2O. The van der Waals surface area contributed by atoms with Gasteiger partial charge in [0.05, 0.1) is 12.6 Å². The van der Waals surface area contributed by atoms with Gasteiger partial charge in [-0.05, 0) is 73.5 Å². The van der Waals surface area contributed by atoms with E-state index in [1.807, 2.05) is 12.1 Å². The molecule has 4 rings (SSSR count).